The van der Waals surface area contributed by atoms with Gasteiger partial charge < -0.3 is 9.47 Å². The lowest BCUT2D eigenvalue weighted by atomic mass is 10.9. The molecule has 0 aromatic carbocycles. The fourth-order valence-electron chi connectivity index (χ4n) is 0.368. The molecule has 0 aliphatic rings. The van der Waals surface area contributed by atoms with Gasteiger partial charge in [-0.2, -0.15) is 0 Å². The molecule has 0 aliphatic heterocycles. The minimum atomic E-state index is -0.145. The van der Waals surface area contributed by atoms with Crippen molar-refractivity contribution in [2.45, 2.75) is 6.92 Å². The van der Waals surface area contributed by atoms with Crippen molar-refractivity contribution in [3.8, 4) is 0 Å². The van der Waals surface area contributed by atoms with Gasteiger partial charge in [0.25, 0.3) is 0 Å². The van der Waals surface area contributed by atoms with Crippen molar-refractivity contribution < 1.29 is 9.47 Å². The topological polar surface area (TPSA) is 18.5 Å². The Morgan fingerprint density at radius 2 is 2.33 bits per heavy atom. The molecule has 0 saturated heterocycles. The SMILES string of the molecule is C=C[SiH2]COCOCC. The van der Waals surface area contributed by atoms with Gasteiger partial charge >= 0.3 is 0 Å². The smallest absolute Gasteiger partial charge is 0.146 e. The molecule has 0 unspecified atom stereocenters. The first-order valence-corrected chi connectivity index (χ1v) is 4.99. The minimum Gasteiger partial charge on any atom is -0.359 e. The van der Waals surface area contributed by atoms with E-state index in [1.807, 2.05) is 12.6 Å². The molecule has 0 atom stereocenters. The summed E-state index contributed by atoms with van der Waals surface area (Å²) in [5.41, 5.74) is 1.96. The second kappa shape index (κ2) is 7.88. The normalized spacial score (nSPS) is 10.8. The van der Waals surface area contributed by atoms with Crippen molar-refractivity contribution in [2.75, 3.05) is 19.6 Å². The predicted molar refractivity (Wildman–Crippen MR) is 41.2 cm³/mol. The summed E-state index contributed by atoms with van der Waals surface area (Å²) in [4.78, 5) is 0. The van der Waals surface area contributed by atoms with E-state index < -0.39 is 0 Å². The number of rotatable bonds is 6. The maximum Gasteiger partial charge on any atom is 0.146 e. The van der Waals surface area contributed by atoms with Gasteiger partial charge in [0.2, 0.25) is 0 Å². The minimum absolute atomic E-state index is 0.145. The van der Waals surface area contributed by atoms with E-state index in [0.29, 0.717) is 6.79 Å². The Bertz CT molecular complexity index is 66.1. The van der Waals surface area contributed by atoms with Crippen molar-refractivity contribution >= 4 is 9.52 Å². The molecular weight excluding hydrogens is 132 g/mol. The van der Waals surface area contributed by atoms with Crippen LogP contribution in [0.5, 0.6) is 0 Å². The Hall–Kier alpha value is -0.123. The van der Waals surface area contributed by atoms with Crippen LogP contribution >= 0.6 is 0 Å². The summed E-state index contributed by atoms with van der Waals surface area (Å²) in [6.45, 7) is 6.75. The molecule has 0 aliphatic carbocycles. The first kappa shape index (κ1) is 8.88. The van der Waals surface area contributed by atoms with Gasteiger partial charge in [0, 0.05) is 12.8 Å². The van der Waals surface area contributed by atoms with Crippen molar-refractivity contribution in [3.05, 3.63) is 12.3 Å². The van der Waals surface area contributed by atoms with Gasteiger partial charge in [0.05, 0.1) is 9.52 Å². The van der Waals surface area contributed by atoms with Crippen LogP contribution in [0.2, 0.25) is 0 Å². The van der Waals surface area contributed by atoms with Crippen LogP contribution in [-0.2, 0) is 9.47 Å². The molecule has 0 saturated carbocycles. The Labute approximate surface area is 58.7 Å². The van der Waals surface area contributed by atoms with Crippen molar-refractivity contribution in [1.82, 2.24) is 0 Å². The Morgan fingerprint density at radius 3 is 2.89 bits per heavy atom. The largest absolute Gasteiger partial charge is 0.359 e. The highest BCUT2D eigenvalue weighted by molar-refractivity contribution is 6.41. The second-order valence-electron chi connectivity index (χ2n) is 1.60. The van der Waals surface area contributed by atoms with Crippen LogP contribution in [0.25, 0.3) is 0 Å². The van der Waals surface area contributed by atoms with Gasteiger partial charge in [-0.3, -0.25) is 0 Å². The van der Waals surface area contributed by atoms with E-state index in [9.17, 15) is 0 Å². The molecular formula is C6H14O2Si. The van der Waals surface area contributed by atoms with E-state index in [1.54, 1.807) is 0 Å². The first-order chi connectivity index (χ1) is 4.41. The molecule has 3 heteroatoms. The molecule has 0 bridgehead atoms. The van der Waals surface area contributed by atoms with Crippen LogP contribution in [0, 0.1) is 0 Å². The standard InChI is InChI=1S/C6H14O2Si/c1-3-7-5-8-6-9-4-2/h4H,2-3,5-6,9H2,1H3. The van der Waals surface area contributed by atoms with E-state index in [-0.39, 0.29) is 9.52 Å². The molecule has 0 heterocycles. The average Bonchev–Trinajstić information content (AvgIpc) is 1.89. The van der Waals surface area contributed by atoms with Crippen LogP contribution in [0.1, 0.15) is 6.92 Å². The highest BCUT2D eigenvalue weighted by atomic mass is 28.2. The Kier molecular flexibility index (Phi) is 7.77. The lowest BCUT2D eigenvalue weighted by Gasteiger charge is -1.99. The van der Waals surface area contributed by atoms with Crippen molar-refractivity contribution in [1.29, 1.82) is 0 Å². The molecule has 54 valence electrons. The molecule has 0 aromatic heterocycles. The summed E-state index contributed by atoms with van der Waals surface area (Å²) in [7, 11) is -0.145. The summed E-state index contributed by atoms with van der Waals surface area (Å²) in [6.07, 6.45) is 0.851. The zero-order valence-corrected chi connectivity index (χ0v) is 7.34. The Balaban J connectivity index is 2.66. The molecule has 0 rings (SSSR count). The summed E-state index contributed by atoms with van der Waals surface area (Å²) < 4.78 is 10.0. The van der Waals surface area contributed by atoms with Crippen LogP contribution < -0.4 is 0 Å². The zero-order valence-electron chi connectivity index (χ0n) is 5.93. The van der Waals surface area contributed by atoms with Crippen LogP contribution in [0.15, 0.2) is 12.3 Å². The fraction of sp³-hybridized carbons (Fsp3) is 0.667. The number of hydrogen-bond acceptors (Lipinski definition) is 2. The summed E-state index contributed by atoms with van der Waals surface area (Å²) in [5, 5.41) is 0. The van der Waals surface area contributed by atoms with Crippen LogP contribution in [-0.4, -0.2) is 29.1 Å². The lowest BCUT2D eigenvalue weighted by molar-refractivity contribution is -0.0331. The van der Waals surface area contributed by atoms with Gasteiger partial charge in [-0.25, -0.2) is 0 Å². The lowest BCUT2D eigenvalue weighted by Crippen LogP contribution is -2.04. The van der Waals surface area contributed by atoms with E-state index in [4.69, 9.17) is 9.47 Å². The van der Waals surface area contributed by atoms with E-state index >= 15 is 0 Å². The average molecular weight is 146 g/mol. The predicted octanol–water partition coefficient (Wildman–Crippen LogP) is 0.267. The highest BCUT2D eigenvalue weighted by Gasteiger charge is 1.82. The van der Waals surface area contributed by atoms with Crippen molar-refractivity contribution in [2.24, 2.45) is 0 Å². The molecule has 2 nitrogen and oxygen atoms in total. The molecule has 0 radical (unpaired) electrons. The summed E-state index contributed by atoms with van der Waals surface area (Å²) in [6, 6.07) is 0. The third-order valence-electron chi connectivity index (χ3n) is 0.837. The summed E-state index contributed by atoms with van der Waals surface area (Å²) in [5.74, 6) is 0. The van der Waals surface area contributed by atoms with E-state index in [0.717, 1.165) is 12.8 Å². The van der Waals surface area contributed by atoms with E-state index in [1.165, 1.54) is 0 Å². The molecule has 0 aromatic rings. The molecule has 0 spiro atoms. The molecule has 0 fully saturated rings. The Morgan fingerprint density at radius 1 is 1.56 bits per heavy atom. The maximum absolute atomic E-state index is 5.08. The van der Waals surface area contributed by atoms with Gasteiger partial charge in [-0.05, 0) is 6.92 Å². The zero-order chi connectivity index (χ0) is 6.95. The highest BCUT2D eigenvalue weighted by Crippen LogP contribution is 1.75. The fourth-order valence-corrected chi connectivity index (χ4v) is 0.819. The number of hydrogen-bond donors (Lipinski definition) is 0. The van der Waals surface area contributed by atoms with Crippen molar-refractivity contribution in [3.63, 3.8) is 0 Å². The van der Waals surface area contributed by atoms with Gasteiger partial charge in [-0.1, -0.05) is 0 Å². The van der Waals surface area contributed by atoms with E-state index in [2.05, 4.69) is 6.58 Å². The van der Waals surface area contributed by atoms with Gasteiger partial charge in [-0.15, -0.1) is 12.3 Å². The molecule has 0 N–H and O–H groups in total. The monoisotopic (exact) mass is 146 g/mol. The molecule has 9 heavy (non-hydrogen) atoms. The summed E-state index contributed by atoms with van der Waals surface area (Å²) >= 11 is 0. The van der Waals surface area contributed by atoms with Crippen LogP contribution in [0.3, 0.4) is 0 Å². The second-order valence-corrected chi connectivity index (χ2v) is 3.16. The third kappa shape index (κ3) is 7.88. The third-order valence-corrected chi connectivity index (χ3v) is 1.77. The number of ether oxygens (including phenoxy) is 2. The first-order valence-electron chi connectivity index (χ1n) is 3.18. The molecule has 0 amide bonds. The maximum atomic E-state index is 5.08. The quantitative estimate of drug-likeness (QED) is 0.304. The van der Waals surface area contributed by atoms with Gasteiger partial charge in [0.1, 0.15) is 6.79 Å². The van der Waals surface area contributed by atoms with Crippen LogP contribution in [0.4, 0.5) is 0 Å². The van der Waals surface area contributed by atoms with Gasteiger partial charge in [0.15, 0.2) is 0 Å².